The third-order valence-electron chi connectivity index (χ3n) is 10.9. The molecule has 1 aliphatic carbocycles. The Morgan fingerprint density at radius 2 is 1.10 bits per heavy atom. The molecule has 8 aromatic carbocycles. The van der Waals surface area contributed by atoms with E-state index in [-0.39, 0.29) is 0 Å². The highest BCUT2D eigenvalue weighted by Gasteiger charge is 2.24. The van der Waals surface area contributed by atoms with E-state index in [1.165, 1.54) is 88.2 Å². The van der Waals surface area contributed by atoms with Crippen molar-refractivity contribution in [2.24, 2.45) is 0 Å². The molecule has 0 saturated heterocycles. The molecule has 0 aliphatic heterocycles. The van der Waals surface area contributed by atoms with Crippen molar-refractivity contribution >= 4 is 55.3 Å². The zero-order valence-corrected chi connectivity index (χ0v) is 28.3. The fourth-order valence-corrected chi connectivity index (χ4v) is 8.45. The average Bonchev–Trinajstić information content (AvgIpc) is 3.85. The summed E-state index contributed by atoms with van der Waals surface area (Å²) in [4.78, 5) is 3.88. The number of nitrogens with zero attached hydrogens (tertiary/aromatic N) is 1. The van der Waals surface area contributed by atoms with Gasteiger partial charge in [0.15, 0.2) is 0 Å². The van der Waals surface area contributed by atoms with Gasteiger partial charge >= 0.3 is 0 Å². The van der Waals surface area contributed by atoms with Crippen molar-refractivity contribution in [3.8, 4) is 39.1 Å². The Morgan fingerprint density at radius 1 is 0.442 bits per heavy atom. The van der Waals surface area contributed by atoms with Gasteiger partial charge in [0.2, 0.25) is 0 Å². The Balaban J connectivity index is 1.13. The first-order chi connectivity index (χ1) is 25.8. The number of fused-ring (bicyclic) bond motifs is 10. The molecular weight excluding hydrogens is 629 g/mol. The van der Waals surface area contributed by atoms with Gasteiger partial charge in [-0.25, -0.2) is 0 Å². The summed E-state index contributed by atoms with van der Waals surface area (Å²) < 4.78 is 2.45. The van der Waals surface area contributed by atoms with Crippen molar-refractivity contribution in [2.45, 2.75) is 0 Å². The number of nitrogens with one attached hydrogen (secondary N) is 1. The van der Waals surface area contributed by atoms with Crippen LogP contribution in [0, 0.1) is 0 Å². The van der Waals surface area contributed by atoms with Crippen LogP contribution in [0.1, 0.15) is 16.7 Å². The summed E-state index contributed by atoms with van der Waals surface area (Å²) in [7, 11) is 0. The summed E-state index contributed by atoms with van der Waals surface area (Å²) in [5, 5.41) is 4.96. The van der Waals surface area contributed by atoms with Crippen LogP contribution in [-0.2, 0) is 0 Å². The highest BCUT2D eigenvalue weighted by atomic mass is 15.0. The molecule has 11 rings (SSSR count). The molecule has 0 bridgehead atoms. The maximum atomic E-state index is 3.88. The van der Waals surface area contributed by atoms with E-state index in [1.807, 2.05) is 0 Å². The van der Waals surface area contributed by atoms with Crippen molar-refractivity contribution in [1.82, 2.24) is 9.55 Å². The molecule has 0 fully saturated rings. The predicted molar refractivity (Wildman–Crippen MR) is 220 cm³/mol. The smallest absolute Gasteiger partial charge is 0.0804 e. The van der Waals surface area contributed by atoms with E-state index in [9.17, 15) is 0 Å². The summed E-state index contributed by atoms with van der Waals surface area (Å²) in [6.07, 6.45) is 2.33. The molecule has 2 heteroatoms. The van der Waals surface area contributed by atoms with Crippen LogP contribution in [0.25, 0.3) is 94.3 Å². The lowest BCUT2D eigenvalue weighted by Gasteiger charge is -2.11. The first-order valence-corrected chi connectivity index (χ1v) is 17.9. The van der Waals surface area contributed by atoms with Crippen LogP contribution < -0.4 is 0 Å². The van der Waals surface area contributed by atoms with Crippen LogP contribution in [0.15, 0.2) is 182 Å². The average molecular weight is 661 g/mol. The molecule has 0 amide bonds. The Labute approximate surface area is 301 Å². The summed E-state index contributed by atoms with van der Waals surface area (Å²) in [5.41, 5.74) is 18.3. The van der Waals surface area contributed by atoms with Crippen LogP contribution in [0.4, 0.5) is 0 Å². The number of benzene rings is 8. The van der Waals surface area contributed by atoms with Crippen molar-refractivity contribution in [2.75, 3.05) is 0 Å². The topological polar surface area (TPSA) is 20.7 Å². The van der Waals surface area contributed by atoms with Gasteiger partial charge in [0.1, 0.15) is 0 Å². The van der Waals surface area contributed by atoms with Crippen molar-refractivity contribution < 1.29 is 0 Å². The van der Waals surface area contributed by atoms with Crippen LogP contribution in [0.2, 0.25) is 0 Å². The molecule has 52 heavy (non-hydrogen) atoms. The molecule has 0 saturated carbocycles. The number of hydrogen-bond donors (Lipinski definition) is 1. The van der Waals surface area contributed by atoms with Crippen LogP contribution >= 0.6 is 0 Å². The fourth-order valence-electron chi connectivity index (χ4n) is 8.45. The van der Waals surface area contributed by atoms with Crippen molar-refractivity contribution in [3.63, 3.8) is 0 Å². The van der Waals surface area contributed by atoms with E-state index in [0.29, 0.717) is 0 Å². The predicted octanol–water partition coefficient (Wildman–Crippen LogP) is 13.3. The molecule has 10 aromatic rings. The lowest BCUT2D eigenvalue weighted by molar-refractivity contribution is 1.19. The van der Waals surface area contributed by atoms with E-state index in [1.54, 1.807) is 0 Å². The first-order valence-electron chi connectivity index (χ1n) is 17.9. The molecule has 1 N–H and O–H groups in total. The van der Waals surface area contributed by atoms with Gasteiger partial charge in [-0.1, -0.05) is 146 Å². The molecule has 2 nitrogen and oxygen atoms in total. The minimum Gasteiger partial charge on any atom is -0.353 e. The maximum Gasteiger partial charge on any atom is 0.0804 e. The monoisotopic (exact) mass is 660 g/mol. The number of aromatic amines is 1. The third-order valence-corrected chi connectivity index (χ3v) is 10.9. The molecule has 2 heterocycles. The summed E-state index contributed by atoms with van der Waals surface area (Å²) in [5.74, 6) is 0. The SMILES string of the molecule is C(=C1/c2ccccc2-c2ccc(-c3ccc4c(c3)c3[nH]c5ccc6ccccc6c5c3n4-c3ccc(-c4ccccc4)cc3)cc21)/c1ccccc1. The second kappa shape index (κ2) is 11.3. The van der Waals surface area contributed by atoms with Gasteiger partial charge in [-0.2, -0.15) is 0 Å². The van der Waals surface area contributed by atoms with E-state index >= 15 is 0 Å². The van der Waals surface area contributed by atoms with Crippen LogP contribution in [0.5, 0.6) is 0 Å². The Hall–Kier alpha value is -6.90. The van der Waals surface area contributed by atoms with E-state index in [0.717, 1.165) is 16.7 Å². The van der Waals surface area contributed by atoms with E-state index in [2.05, 4.69) is 198 Å². The largest absolute Gasteiger partial charge is 0.353 e. The normalized spacial score (nSPS) is 13.0. The van der Waals surface area contributed by atoms with Gasteiger partial charge < -0.3 is 9.55 Å². The molecule has 242 valence electrons. The lowest BCUT2D eigenvalue weighted by Crippen LogP contribution is -1.94. The Morgan fingerprint density at radius 3 is 1.94 bits per heavy atom. The zero-order valence-electron chi connectivity index (χ0n) is 28.3. The van der Waals surface area contributed by atoms with Gasteiger partial charge in [-0.15, -0.1) is 0 Å². The van der Waals surface area contributed by atoms with Gasteiger partial charge in [0, 0.05) is 22.0 Å². The molecule has 0 unspecified atom stereocenters. The van der Waals surface area contributed by atoms with E-state index in [4.69, 9.17) is 0 Å². The number of H-pyrrole nitrogens is 1. The minimum absolute atomic E-state index is 1.15. The summed E-state index contributed by atoms with van der Waals surface area (Å²) in [6.45, 7) is 0. The highest BCUT2D eigenvalue weighted by molar-refractivity contribution is 6.25. The standard InChI is InChI=1S/C50H32N2/c1-3-11-32(12-4-1)29-43-41-18-10-9-17-40(41)42-26-21-36(30-44(42)43)37-23-28-47-45(31-37)49-50(48-39-16-8-7-15-35(39)22-27-46(48)51-49)52(47)38-24-19-34(20-25-38)33-13-5-2-6-14-33/h1-31,51H/b43-29+. The van der Waals surface area contributed by atoms with Gasteiger partial charge in [-0.3, -0.25) is 0 Å². The molecule has 0 spiro atoms. The summed E-state index contributed by atoms with van der Waals surface area (Å²) >= 11 is 0. The molecule has 0 atom stereocenters. The Bertz CT molecular complexity index is 3030. The van der Waals surface area contributed by atoms with E-state index < -0.39 is 0 Å². The minimum atomic E-state index is 1.15. The molecule has 2 aromatic heterocycles. The molecular formula is C50H32N2. The van der Waals surface area contributed by atoms with Gasteiger partial charge in [0.05, 0.1) is 16.6 Å². The Kier molecular flexibility index (Phi) is 6.28. The first kappa shape index (κ1) is 28.9. The highest BCUT2D eigenvalue weighted by Crippen LogP contribution is 2.47. The van der Waals surface area contributed by atoms with Crippen molar-refractivity contribution in [3.05, 3.63) is 199 Å². The number of hydrogen-bond acceptors (Lipinski definition) is 0. The zero-order chi connectivity index (χ0) is 34.2. The maximum absolute atomic E-state index is 3.88. The number of rotatable bonds is 4. The number of aromatic nitrogens is 2. The quantitative estimate of drug-likeness (QED) is 0.194. The second-order valence-corrected chi connectivity index (χ2v) is 13.8. The third kappa shape index (κ3) is 4.38. The van der Waals surface area contributed by atoms with Crippen LogP contribution in [-0.4, -0.2) is 9.55 Å². The molecule has 1 aliphatic rings. The molecule has 0 radical (unpaired) electrons. The second-order valence-electron chi connectivity index (χ2n) is 13.8. The summed E-state index contributed by atoms with van der Waals surface area (Å²) in [6, 6.07) is 66.2. The lowest BCUT2D eigenvalue weighted by atomic mass is 9.96. The van der Waals surface area contributed by atoms with Gasteiger partial charge in [-0.05, 0) is 109 Å². The van der Waals surface area contributed by atoms with Crippen molar-refractivity contribution in [1.29, 1.82) is 0 Å². The van der Waals surface area contributed by atoms with Crippen LogP contribution in [0.3, 0.4) is 0 Å². The van der Waals surface area contributed by atoms with Gasteiger partial charge in [0.25, 0.3) is 0 Å². The fraction of sp³-hybridized carbons (Fsp3) is 0.